The average Bonchev–Trinajstić information content (AvgIpc) is 3.19. The highest BCUT2D eigenvalue weighted by atomic mass is 16.3. The third-order valence-electron chi connectivity index (χ3n) is 2.76. The summed E-state index contributed by atoms with van der Waals surface area (Å²) >= 11 is 0. The SMILES string of the molecule is CCc1cc(NC(=O)Cn2nnc(-c3ccco3)n2)n[nH]1. The lowest BCUT2D eigenvalue weighted by molar-refractivity contribution is -0.117. The van der Waals surface area contributed by atoms with Gasteiger partial charge in [-0.2, -0.15) is 9.90 Å². The zero-order valence-electron chi connectivity index (χ0n) is 11.3. The Morgan fingerprint density at radius 2 is 2.43 bits per heavy atom. The number of carbonyl (C=O) groups is 1. The molecule has 3 heterocycles. The fraction of sp³-hybridized carbons (Fsp3) is 0.250. The molecule has 0 bridgehead atoms. The molecule has 9 nitrogen and oxygen atoms in total. The Labute approximate surface area is 119 Å². The molecule has 0 aliphatic carbocycles. The van der Waals surface area contributed by atoms with Crippen molar-refractivity contribution < 1.29 is 9.21 Å². The standard InChI is InChI=1S/C12H13N7O2/c1-2-8-6-10(15-14-8)13-11(20)7-19-17-12(16-18-19)9-4-3-5-21-9/h3-6H,2,7H2,1H3,(H2,13,14,15,20). The molecule has 108 valence electrons. The van der Waals surface area contributed by atoms with Gasteiger partial charge < -0.3 is 9.73 Å². The summed E-state index contributed by atoms with van der Waals surface area (Å²) in [6.45, 7) is 1.94. The smallest absolute Gasteiger partial charge is 0.249 e. The second-order valence-electron chi connectivity index (χ2n) is 4.30. The number of aromatic nitrogens is 6. The van der Waals surface area contributed by atoms with Gasteiger partial charge in [-0.05, 0) is 23.8 Å². The molecule has 9 heteroatoms. The van der Waals surface area contributed by atoms with Crippen LogP contribution in [0.4, 0.5) is 5.82 Å². The molecule has 0 atom stereocenters. The largest absolute Gasteiger partial charge is 0.461 e. The molecule has 21 heavy (non-hydrogen) atoms. The number of hydrogen-bond donors (Lipinski definition) is 2. The van der Waals surface area contributed by atoms with Gasteiger partial charge in [-0.1, -0.05) is 6.92 Å². The number of aromatic amines is 1. The van der Waals surface area contributed by atoms with Gasteiger partial charge in [-0.3, -0.25) is 9.89 Å². The van der Waals surface area contributed by atoms with Crippen LogP contribution in [0.1, 0.15) is 12.6 Å². The average molecular weight is 287 g/mol. The number of H-pyrrole nitrogens is 1. The molecule has 1 amide bonds. The van der Waals surface area contributed by atoms with Crippen LogP contribution < -0.4 is 5.32 Å². The maximum atomic E-state index is 11.9. The molecule has 0 fully saturated rings. The first-order chi connectivity index (χ1) is 10.2. The van der Waals surface area contributed by atoms with Crippen molar-refractivity contribution in [3.63, 3.8) is 0 Å². The predicted octanol–water partition coefficient (Wildman–Crippen LogP) is 0.857. The Bertz CT molecular complexity index is 728. The van der Waals surface area contributed by atoms with Gasteiger partial charge >= 0.3 is 0 Å². The molecule has 0 saturated heterocycles. The summed E-state index contributed by atoms with van der Waals surface area (Å²) in [5.74, 6) is 1.03. The first kappa shape index (κ1) is 13.0. The van der Waals surface area contributed by atoms with Crippen molar-refractivity contribution in [3.8, 4) is 11.6 Å². The van der Waals surface area contributed by atoms with E-state index >= 15 is 0 Å². The van der Waals surface area contributed by atoms with Crippen molar-refractivity contribution in [2.45, 2.75) is 19.9 Å². The van der Waals surface area contributed by atoms with Gasteiger partial charge in [0, 0.05) is 11.8 Å². The fourth-order valence-electron chi connectivity index (χ4n) is 1.73. The molecule has 3 rings (SSSR count). The fourth-order valence-corrected chi connectivity index (χ4v) is 1.73. The lowest BCUT2D eigenvalue weighted by Crippen LogP contribution is -2.20. The number of aryl methyl sites for hydroxylation is 1. The molecule has 0 unspecified atom stereocenters. The Kier molecular flexibility index (Phi) is 3.46. The van der Waals surface area contributed by atoms with E-state index in [9.17, 15) is 4.79 Å². The molecule has 0 radical (unpaired) electrons. The van der Waals surface area contributed by atoms with Crippen molar-refractivity contribution in [2.75, 3.05) is 5.32 Å². The van der Waals surface area contributed by atoms with Crippen LogP contribution in [0.5, 0.6) is 0 Å². The van der Waals surface area contributed by atoms with Gasteiger partial charge in [-0.25, -0.2) is 0 Å². The monoisotopic (exact) mass is 287 g/mol. The number of nitrogens with one attached hydrogen (secondary N) is 2. The van der Waals surface area contributed by atoms with Gasteiger partial charge in [0.2, 0.25) is 11.7 Å². The zero-order valence-corrected chi connectivity index (χ0v) is 11.3. The van der Waals surface area contributed by atoms with Gasteiger partial charge in [0.15, 0.2) is 11.6 Å². The highest BCUT2D eigenvalue weighted by Gasteiger charge is 2.12. The summed E-state index contributed by atoms with van der Waals surface area (Å²) in [5, 5.41) is 21.1. The highest BCUT2D eigenvalue weighted by molar-refractivity contribution is 5.89. The zero-order chi connectivity index (χ0) is 14.7. The van der Waals surface area contributed by atoms with Gasteiger partial charge in [-0.15, -0.1) is 10.2 Å². The Morgan fingerprint density at radius 1 is 1.52 bits per heavy atom. The Balaban J connectivity index is 1.62. The minimum absolute atomic E-state index is 0.0535. The van der Waals surface area contributed by atoms with Crippen LogP contribution in [0, 0.1) is 0 Å². The van der Waals surface area contributed by atoms with E-state index in [-0.39, 0.29) is 12.5 Å². The number of hydrogen-bond acceptors (Lipinski definition) is 6. The number of anilines is 1. The van der Waals surface area contributed by atoms with E-state index in [0.29, 0.717) is 17.4 Å². The quantitative estimate of drug-likeness (QED) is 0.719. The second-order valence-corrected chi connectivity index (χ2v) is 4.30. The lowest BCUT2D eigenvalue weighted by atomic mass is 10.3. The van der Waals surface area contributed by atoms with E-state index in [1.807, 2.05) is 6.92 Å². The van der Waals surface area contributed by atoms with Crippen LogP contribution >= 0.6 is 0 Å². The normalized spacial score (nSPS) is 10.7. The van der Waals surface area contributed by atoms with Crippen molar-refractivity contribution >= 4 is 11.7 Å². The van der Waals surface area contributed by atoms with Crippen molar-refractivity contribution in [1.82, 2.24) is 30.4 Å². The first-order valence-electron chi connectivity index (χ1n) is 6.40. The minimum Gasteiger partial charge on any atom is -0.461 e. The van der Waals surface area contributed by atoms with Crippen molar-refractivity contribution in [3.05, 3.63) is 30.2 Å². The molecular weight excluding hydrogens is 274 g/mol. The molecule has 3 aromatic rings. The summed E-state index contributed by atoms with van der Waals surface area (Å²) in [7, 11) is 0. The molecule has 3 aromatic heterocycles. The maximum absolute atomic E-state index is 11.9. The summed E-state index contributed by atoms with van der Waals surface area (Å²) in [4.78, 5) is 13.1. The maximum Gasteiger partial charge on any atom is 0.249 e. The predicted molar refractivity (Wildman–Crippen MR) is 72.1 cm³/mol. The molecule has 0 spiro atoms. The Morgan fingerprint density at radius 3 is 3.14 bits per heavy atom. The van der Waals surface area contributed by atoms with E-state index in [1.165, 1.54) is 11.1 Å². The number of amides is 1. The summed E-state index contributed by atoms with van der Waals surface area (Å²) in [6.07, 6.45) is 2.34. The summed E-state index contributed by atoms with van der Waals surface area (Å²) < 4.78 is 5.16. The first-order valence-corrected chi connectivity index (χ1v) is 6.40. The van der Waals surface area contributed by atoms with E-state index in [1.54, 1.807) is 18.2 Å². The van der Waals surface area contributed by atoms with Crippen LogP contribution in [0.25, 0.3) is 11.6 Å². The number of tetrazole rings is 1. The van der Waals surface area contributed by atoms with Gasteiger partial charge in [0.05, 0.1) is 6.26 Å². The van der Waals surface area contributed by atoms with E-state index < -0.39 is 0 Å². The number of carbonyl (C=O) groups excluding carboxylic acids is 1. The molecular formula is C12H13N7O2. The van der Waals surface area contributed by atoms with Crippen LogP contribution in [0.15, 0.2) is 28.9 Å². The Hall–Kier alpha value is -2.97. The van der Waals surface area contributed by atoms with Crippen LogP contribution in [-0.4, -0.2) is 36.3 Å². The highest BCUT2D eigenvalue weighted by Crippen LogP contribution is 2.13. The van der Waals surface area contributed by atoms with E-state index in [4.69, 9.17) is 4.42 Å². The number of nitrogens with zero attached hydrogens (tertiary/aromatic N) is 5. The van der Waals surface area contributed by atoms with Crippen molar-refractivity contribution in [2.24, 2.45) is 0 Å². The van der Waals surface area contributed by atoms with E-state index in [2.05, 4.69) is 30.9 Å². The third kappa shape index (κ3) is 2.96. The number of rotatable bonds is 5. The van der Waals surface area contributed by atoms with Crippen LogP contribution in [0.3, 0.4) is 0 Å². The molecule has 0 aliphatic heterocycles. The molecule has 0 saturated carbocycles. The topological polar surface area (TPSA) is 115 Å². The minimum atomic E-state index is -0.285. The molecule has 2 N–H and O–H groups in total. The van der Waals surface area contributed by atoms with Gasteiger partial charge in [0.1, 0.15) is 6.54 Å². The van der Waals surface area contributed by atoms with Gasteiger partial charge in [0.25, 0.3) is 0 Å². The summed E-state index contributed by atoms with van der Waals surface area (Å²) in [6, 6.07) is 5.23. The van der Waals surface area contributed by atoms with E-state index in [0.717, 1.165) is 12.1 Å². The molecule has 0 aliphatic rings. The second kappa shape index (κ2) is 5.57. The summed E-state index contributed by atoms with van der Waals surface area (Å²) in [5.41, 5.74) is 0.948. The number of furan rings is 1. The van der Waals surface area contributed by atoms with Crippen LogP contribution in [0.2, 0.25) is 0 Å². The van der Waals surface area contributed by atoms with Crippen LogP contribution in [-0.2, 0) is 17.8 Å². The lowest BCUT2D eigenvalue weighted by Gasteiger charge is -1.99. The molecule has 0 aromatic carbocycles. The van der Waals surface area contributed by atoms with Crippen molar-refractivity contribution in [1.29, 1.82) is 0 Å². The third-order valence-corrected chi connectivity index (χ3v) is 2.76.